The van der Waals surface area contributed by atoms with Gasteiger partial charge in [0, 0.05) is 26.4 Å². The lowest BCUT2D eigenvalue weighted by Gasteiger charge is -2.20. The van der Waals surface area contributed by atoms with Gasteiger partial charge in [0.25, 0.3) is 0 Å². The quantitative estimate of drug-likeness (QED) is 0.867. The zero-order valence-corrected chi connectivity index (χ0v) is 11.5. The lowest BCUT2D eigenvalue weighted by atomic mass is 10.3. The van der Waals surface area contributed by atoms with Gasteiger partial charge in [-0.25, -0.2) is 13.4 Å². The van der Waals surface area contributed by atoms with Crippen LogP contribution in [0.4, 0.5) is 11.5 Å². The van der Waals surface area contributed by atoms with Gasteiger partial charge in [0.1, 0.15) is 11.4 Å². The van der Waals surface area contributed by atoms with E-state index in [2.05, 4.69) is 9.71 Å². The van der Waals surface area contributed by atoms with Crippen molar-refractivity contribution in [1.29, 1.82) is 0 Å². The third-order valence-electron chi connectivity index (χ3n) is 2.43. The summed E-state index contributed by atoms with van der Waals surface area (Å²) in [4.78, 5) is 5.85. The number of anilines is 2. The summed E-state index contributed by atoms with van der Waals surface area (Å²) < 4.78 is 30.8. The molecule has 0 atom stereocenters. The molecule has 0 saturated heterocycles. The lowest BCUT2D eigenvalue weighted by Crippen LogP contribution is -2.18. The first-order valence-electron chi connectivity index (χ1n) is 5.67. The highest BCUT2D eigenvalue weighted by Gasteiger charge is 2.26. The number of pyridine rings is 1. The Bertz CT molecular complexity index is 538. The first-order valence-corrected chi connectivity index (χ1v) is 7.57. The summed E-state index contributed by atoms with van der Waals surface area (Å²) in [6.07, 6.45) is 4.98. The Balaban J connectivity index is 2.37. The van der Waals surface area contributed by atoms with Gasteiger partial charge in [-0.05, 0) is 12.8 Å². The van der Waals surface area contributed by atoms with E-state index in [1.165, 1.54) is 6.20 Å². The predicted octanol–water partition coefficient (Wildman–Crippen LogP) is 1.06. The van der Waals surface area contributed by atoms with Crippen LogP contribution in [0, 0.1) is 0 Å². The molecule has 18 heavy (non-hydrogen) atoms. The SMILES string of the molecule is CN(C)c1c(OC2CC2)ccnc1NS(C)(=O)=O. The predicted molar refractivity (Wildman–Crippen MR) is 70.7 cm³/mol. The fraction of sp³-hybridized carbons (Fsp3) is 0.545. The van der Waals surface area contributed by atoms with Gasteiger partial charge < -0.3 is 9.64 Å². The first-order chi connectivity index (χ1) is 8.37. The molecule has 0 bridgehead atoms. The monoisotopic (exact) mass is 271 g/mol. The molecule has 0 aliphatic heterocycles. The van der Waals surface area contributed by atoms with Crippen molar-refractivity contribution in [2.24, 2.45) is 0 Å². The fourth-order valence-electron chi connectivity index (χ4n) is 1.58. The Labute approximate surface area is 107 Å². The summed E-state index contributed by atoms with van der Waals surface area (Å²) in [5, 5.41) is 0. The number of rotatable bonds is 5. The Morgan fingerprint density at radius 3 is 2.61 bits per heavy atom. The molecule has 100 valence electrons. The maximum absolute atomic E-state index is 11.3. The van der Waals surface area contributed by atoms with Gasteiger partial charge in [0.15, 0.2) is 5.82 Å². The van der Waals surface area contributed by atoms with Crippen molar-refractivity contribution in [1.82, 2.24) is 4.98 Å². The minimum Gasteiger partial charge on any atom is -0.488 e. The minimum atomic E-state index is -3.36. The molecule has 7 heteroatoms. The molecule has 0 amide bonds. The summed E-state index contributed by atoms with van der Waals surface area (Å²) in [7, 11) is 0.290. The van der Waals surface area contributed by atoms with Gasteiger partial charge in [0.2, 0.25) is 10.0 Å². The highest BCUT2D eigenvalue weighted by atomic mass is 32.2. The van der Waals surface area contributed by atoms with Crippen molar-refractivity contribution < 1.29 is 13.2 Å². The average molecular weight is 271 g/mol. The molecule has 1 saturated carbocycles. The molecular weight excluding hydrogens is 254 g/mol. The largest absolute Gasteiger partial charge is 0.488 e. The van der Waals surface area contributed by atoms with E-state index >= 15 is 0 Å². The van der Waals surface area contributed by atoms with Crippen molar-refractivity contribution in [2.75, 3.05) is 30.0 Å². The summed E-state index contributed by atoms with van der Waals surface area (Å²) in [6, 6.07) is 1.75. The second-order valence-electron chi connectivity index (χ2n) is 4.59. The highest BCUT2D eigenvalue weighted by molar-refractivity contribution is 7.92. The minimum absolute atomic E-state index is 0.247. The third kappa shape index (κ3) is 3.25. The zero-order valence-electron chi connectivity index (χ0n) is 10.7. The van der Waals surface area contributed by atoms with Gasteiger partial charge in [0.05, 0.1) is 12.4 Å². The van der Waals surface area contributed by atoms with Crippen LogP contribution in [0.1, 0.15) is 12.8 Å². The maximum atomic E-state index is 11.3. The highest BCUT2D eigenvalue weighted by Crippen LogP contribution is 2.37. The standard InChI is InChI=1S/C11H17N3O3S/c1-14(2)10-9(17-8-4-5-8)6-7-12-11(10)13-18(3,15)16/h6-8H,4-5H2,1-3H3,(H,12,13). The molecule has 0 aromatic carbocycles. The van der Waals surface area contributed by atoms with E-state index in [4.69, 9.17) is 4.74 Å². The van der Waals surface area contributed by atoms with E-state index < -0.39 is 10.0 Å². The van der Waals surface area contributed by atoms with Crippen molar-refractivity contribution >= 4 is 21.5 Å². The van der Waals surface area contributed by atoms with Crippen molar-refractivity contribution in [3.63, 3.8) is 0 Å². The number of aromatic nitrogens is 1. The topological polar surface area (TPSA) is 71.5 Å². The van der Waals surface area contributed by atoms with Crippen molar-refractivity contribution in [2.45, 2.75) is 18.9 Å². The van der Waals surface area contributed by atoms with Crippen LogP contribution in [0.25, 0.3) is 0 Å². The van der Waals surface area contributed by atoms with E-state index in [-0.39, 0.29) is 6.10 Å². The van der Waals surface area contributed by atoms with Crippen molar-refractivity contribution in [3.8, 4) is 5.75 Å². The third-order valence-corrected chi connectivity index (χ3v) is 3.00. The van der Waals surface area contributed by atoms with Crippen LogP contribution in [0.5, 0.6) is 5.75 Å². The Morgan fingerprint density at radius 2 is 2.11 bits per heavy atom. The van der Waals surface area contributed by atoms with Gasteiger partial charge in [-0.15, -0.1) is 0 Å². The normalized spacial score (nSPS) is 15.3. The lowest BCUT2D eigenvalue weighted by molar-refractivity contribution is 0.304. The molecule has 1 N–H and O–H groups in total. The van der Waals surface area contributed by atoms with Gasteiger partial charge >= 0.3 is 0 Å². The van der Waals surface area contributed by atoms with E-state index in [0.717, 1.165) is 19.1 Å². The summed E-state index contributed by atoms with van der Waals surface area (Å²) in [6.45, 7) is 0. The van der Waals surface area contributed by atoms with E-state index in [1.54, 1.807) is 11.0 Å². The zero-order chi connectivity index (χ0) is 13.3. The van der Waals surface area contributed by atoms with Crippen LogP contribution in [0.3, 0.4) is 0 Å². The molecule has 1 heterocycles. The molecule has 2 rings (SSSR count). The Kier molecular flexibility index (Phi) is 3.34. The molecule has 0 unspecified atom stereocenters. The second-order valence-corrected chi connectivity index (χ2v) is 6.34. The molecule has 6 nitrogen and oxygen atoms in total. The van der Waals surface area contributed by atoms with E-state index in [9.17, 15) is 8.42 Å². The number of ether oxygens (including phenoxy) is 1. The summed E-state index contributed by atoms with van der Waals surface area (Å²) >= 11 is 0. The number of sulfonamides is 1. The summed E-state index contributed by atoms with van der Waals surface area (Å²) in [5.74, 6) is 0.948. The number of hydrogen-bond acceptors (Lipinski definition) is 5. The fourth-order valence-corrected chi connectivity index (χ4v) is 2.08. The van der Waals surface area contributed by atoms with Crippen LogP contribution in [-0.4, -0.2) is 39.9 Å². The van der Waals surface area contributed by atoms with Crippen LogP contribution in [0.15, 0.2) is 12.3 Å². The molecule has 1 aromatic rings. The second kappa shape index (κ2) is 4.64. The molecule has 0 radical (unpaired) electrons. The smallest absolute Gasteiger partial charge is 0.231 e. The Morgan fingerprint density at radius 1 is 1.44 bits per heavy atom. The van der Waals surface area contributed by atoms with E-state index in [1.807, 2.05) is 14.1 Å². The van der Waals surface area contributed by atoms with Gasteiger partial charge in [-0.2, -0.15) is 0 Å². The molecule has 1 fully saturated rings. The molecule has 1 aliphatic carbocycles. The summed E-state index contributed by atoms with van der Waals surface area (Å²) in [5.41, 5.74) is 0.648. The number of hydrogen-bond donors (Lipinski definition) is 1. The number of nitrogens with one attached hydrogen (secondary N) is 1. The van der Waals surface area contributed by atoms with Crippen LogP contribution in [-0.2, 0) is 10.0 Å². The van der Waals surface area contributed by atoms with Gasteiger partial charge in [-0.3, -0.25) is 4.72 Å². The van der Waals surface area contributed by atoms with Crippen LogP contribution < -0.4 is 14.4 Å². The van der Waals surface area contributed by atoms with Crippen LogP contribution >= 0.6 is 0 Å². The first kappa shape index (κ1) is 12.9. The molecule has 1 aromatic heterocycles. The van der Waals surface area contributed by atoms with E-state index in [0.29, 0.717) is 17.3 Å². The van der Waals surface area contributed by atoms with Crippen LogP contribution in [0.2, 0.25) is 0 Å². The Hall–Kier alpha value is -1.50. The van der Waals surface area contributed by atoms with Crippen molar-refractivity contribution in [3.05, 3.63) is 12.3 Å². The molecule has 0 spiro atoms. The maximum Gasteiger partial charge on any atom is 0.231 e. The molecular formula is C11H17N3O3S. The van der Waals surface area contributed by atoms with Gasteiger partial charge in [-0.1, -0.05) is 0 Å². The number of nitrogens with zero attached hydrogens (tertiary/aromatic N) is 2. The average Bonchev–Trinajstić information content (AvgIpc) is 2.98. The molecule has 1 aliphatic rings.